The van der Waals surface area contributed by atoms with Gasteiger partial charge >= 0.3 is 0 Å². The van der Waals surface area contributed by atoms with Gasteiger partial charge in [0.25, 0.3) is 0 Å². The van der Waals surface area contributed by atoms with Crippen LogP contribution in [0.25, 0.3) is 0 Å². The van der Waals surface area contributed by atoms with Crippen LogP contribution in [0.3, 0.4) is 0 Å². The summed E-state index contributed by atoms with van der Waals surface area (Å²) in [7, 11) is 0. The number of hydrogen-bond acceptors (Lipinski definition) is 2. The number of aromatic nitrogens is 2. The van der Waals surface area contributed by atoms with Gasteiger partial charge in [-0.3, -0.25) is 4.68 Å². The predicted octanol–water partition coefficient (Wildman–Crippen LogP) is 1.74. The molecule has 0 aliphatic rings. The second-order valence-electron chi connectivity index (χ2n) is 1.87. The lowest BCUT2D eigenvalue weighted by Crippen LogP contribution is -1.93. The van der Waals surface area contributed by atoms with Crippen LogP contribution < -0.4 is 0 Å². The molecule has 3 nitrogen and oxygen atoms in total. The highest BCUT2D eigenvalue weighted by molar-refractivity contribution is 5.00. The molecule has 0 N–H and O–H groups in total. The van der Waals surface area contributed by atoms with Crippen LogP contribution in [0.15, 0.2) is 12.4 Å². The van der Waals surface area contributed by atoms with E-state index in [4.69, 9.17) is 5.26 Å². The second-order valence-corrected chi connectivity index (χ2v) is 1.87. The Morgan fingerprint density at radius 3 is 2.64 bits per heavy atom. The standard InChI is InChI=1S/C6H7N3.C2H6/c1-6-4-8-9(5-6)3-2-7;1-2/h4-5H,3H2,1H3;1-2H3. The first-order chi connectivity index (χ1) is 5.33. The zero-order valence-corrected chi connectivity index (χ0v) is 7.20. The molecule has 1 aromatic rings. The number of aryl methyl sites for hydroxylation is 1. The van der Waals surface area contributed by atoms with Gasteiger partial charge in [0.1, 0.15) is 6.54 Å². The molecule has 0 unspecified atom stereocenters. The van der Waals surface area contributed by atoms with E-state index in [2.05, 4.69) is 5.10 Å². The monoisotopic (exact) mass is 151 g/mol. The van der Waals surface area contributed by atoms with Crippen LogP contribution in [0.4, 0.5) is 0 Å². The Balaban J connectivity index is 0.000000461. The molecule has 0 fully saturated rings. The second kappa shape index (κ2) is 5.48. The Bertz CT molecular complexity index is 232. The van der Waals surface area contributed by atoms with Crippen molar-refractivity contribution in [2.75, 3.05) is 0 Å². The van der Waals surface area contributed by atoms with Gasteiger partial charge < -0.3 is 0 Å². The fourth-order valence-corrected chi connectivity index (χ4v) is 0.626. The predicted molar refractivity (Wildman–Crippen MR) is 43.9 cm³/mol. The van der Waals surface area contributed by atoms with Crippen LogP contribution in [-0.4, -0.2) is 9.78 Å². The molecule has 0 aliphatic carbocycles. The minimum atomic E-state index is 0.341. The molecule has 0 bridgehead atoms. The Labute approximate surface area is 67.3 Å². The van der Waals surface area contributed by atoms with E-state index < -0.39 is 0 Å². The van der Waals surface area contributed by atoms with Gasteiger partial charge in [-0.15, -0.1) is 0 Å². The van der Waals surface area contributed by atoms with E-state index in [0.29, 0.717) is 6.54 Å². The van der Waals surface area contributed by atoms with Crippen LogP contribution in [0, 0.1) is 18.3 Å². The third kappa shape index (κ3) is 3.41. The number of nitriles is 1. The van der Waals surface area contributed by atoms with Crippen molar-refractivity contribution in [1.29, 1.82) is 5.26 Å². The van der Waals surface area contributed by atoms with Crippen LogP contribution in [0.1, 0.15) is 19.4 Å². The van der Waals surface area contributed by atoms with E-state index in [1.54, 1.807) is 10.9 Å². The summed E-state index contributed by atoms with van der Waals surface area (Å²) in [5, 5.41) is 12.1. The van der Waals surface area contributed by atoms with Crippen LogP contribution in [-0.2, 0) is 6.54 Å². The summed E-state index contributed by atoms with van der Waals surface area (Å²) in [6, 6.07) is 2.00. The van der Waals surface area contributed by atoms with Gasteiger partial charge in [-0.1, -0.05) is 13.8 Å². The molecule has 60 valence electrons. The van der Waals surface area contributed by atoms with Crippen LogP contribution in [0.2, 0.25) is 0 Å². The van der Waals surface area contributed by atoms with Gasteiger partial charge in [0, 0.05) is 6.20 Å². The number of hydrogen-bond donors (Lipinski definition) is 0. The fraction of sp³-hybridized carbons (Fsp3) is 0.500. The van der Waals surface area contributed by atoms with Gasteiger partial charge in [0.2, 0.25) is 0 Å². The zero-order valence-electron chi connectivity index (χ0n) is 7.20. The molecule has 0 saturated heterocycles. The highest BCUT2D eigenvalue weighted by Crippen LogP contribution is 1.92. The summed E-state index contributed by atoms with van der Waals surface area (Å²) in [5.41, 5.74) is 1.09. The average molecular weight is 151 g/mol. The first kappa shape index (κ1) is 9.70. The highest BCUT2D eigenvalue weighted by Gasteiger charge is 1.88. The topological polar surface area (TPSA) is 41.6 Å². The van der Waals surface area contributed by atoms with Crippen molar-refractivity contribution in [2.45, 2.75) is 27.3 Å². The highest BCUT2D eigenvalue weighted by atomic mass is 15.3. The molecule has 0 aromatic carbocycles. The lowest BCUT2D eigenvalue weighted by Gasteiger charge is -1.86. The summed E-state index contributed by atoms with van der Waals surface area (Å²) >= 11 is 0. The molecule has 0 radical (unpaired) electrons. The van der Waals surface area contributed by atoms with Gasteiger partial charge in [-0.2, -0.15) is 10.4 Å². The Kier molecular flexibility index (Phi) is 4.83. The Hall–Kier alpha value is -1.30. The molecule has 0 atom stereocenters. The van der Waals surface area contributed by atoms with E-state index in [-0.39, 0.29) is 0 Å². The minimum Gasteiger partial charge on any atom is -0.258 e. The zero-order chi connectivity index (χ0) is 8.69. The Morgan fingerprint density at radius 1 is 1.64 bits per heavy atom. The first-order valence-electron chi connectivity index (χ1n) is 3.69. The van der Waals surface area contributed by atoms with Crippen LogP contribution >= 0.6 is 0 Å². The minimum absolute atomic E-state index is 0.341. The van der Waals surface area contributed by atoms with Crippen molar-refractivity contribution in [3.63, 3.8) is 0 Å². The fourth-order valence-electron chi connectivity index (χ4n) is 0.626. The van der Waals surface area contributed by atoms with Crippen molar-refractivity contribution in [2.24, 2.45) is 0 Å². The summed E-state index contributed by atoms with van der Waals surface area (Å²) in [6.07, 6.45) is 3.57. The molecule has 0 saturated carbocycles. The van der Waals surface area contributed by atoms with E-state index in [0.717, 1.165) is 5.56 Å². The molecule has 1 aromatic heterocycles. The molecule has 11 heavy (non-hydrogen) atoms. The molecule has 0 spiro atoms. The first-order valence-corrected chi connectivity index (χ1v) is 3.69. The summed E-state index contributed by atoms with van der Waals surface area (Å²) in [5.74, 6) is 0. The Morgan fingerprint density at radius 2 is 2.27 bits per heavy atom. The normalized spacial score (nSPS) is 7.82. The molecular formula is C8H13N3. The number of nitrogens with zero attached hydrogens (tertiary/aromatic N) is 3. The van der Waals surface area contributed by atoms with E-state index in [1.807, 2.05) is 33.0 Å². The van der Waals surface area contributed by atoms with Crippen LogP contribution in [0.5, 0.6) is 0 Å². The maximum atomic E-state index is 8.22. The molecule has 1 rings (SSSR count). The molecular weight excluding hydrogens is 138 g/mol. The summed E-state index contributed by atoms with van der Waals surface area (Å²) < 4.78 is 1.61. The van der Waals surface area contributed by atoms with Gasteiger partial charge in [0.05, 0.1) is 12.3 Å². The smallest absolute Gasteiger partial charge is 0.128 e. The number of rotatable bonds is 1. The molecule has 0 amide bonds. The van der Waals surface area contributed by atoms with Gasteiger partial charge in [-0.05, 0) is 12.5 Å². The average Bonchev–Trinajstić information content (AvgIpc) is 2.41. The van der Waals surface area contributed by atoms with Crippen molar-refractivity contribution < 1.29 is 0 Å². The lowest BCUT2D eigenvalue weighted by atomic mass is 10.4. The van der Waals surface area contributed by atoms with Crippen molar-refractivity contribution in [1.82, 2.24) is 9.78 Å². The molecule has 3 heteroatoms. The van der Waals surface area contributed by atoms with Crippen molar-refractivity contribution >= 4 is 0 Å². The molecule has 0 aliphatic heterocycles. The van der Waals surface area contributed by atoms with Crippen molar-refractivity contribution in [3.05, 3.63) is 18.0 Å². The third-order valence-electron chi connectivity index (χ3n) is 0.995. The van der Waals surface area contributed by atoms with E-state index in [9.17, 15) is 0 Å². The SMILES string of the molecule is CC.Cc1cnn(CC#N)c1. The van der Waals surface area contributed by atoms with E-state index in [1.165, 1.54) is 0 Å². The van der Waals surface area contributed by atoms with E-state index >= 15 is 0 Å². The quantitative estimate of drug-likeness (QED) is 0.613. The lowest BCUT2D eigenvalue weighted by molar-refractivity contribution is 0.709. The summed E-state index contributed by atoms with van der Waals surface area (Å²) in [6.45, 7) is 6.29. The maximum Gasteiger partial charge on any atom is 0.128 e. The van der Waals surface area contributed by atoms with Gasteiger partial charge in [0.15, 0.2) is 0 Å². The third-order valence-corrected chi connectivity index (χ3v) is 0.995. The largest absolute Gasteiger partial charge is 0.258 e. The molecule has 1 heterocycles. The summed E-state index contributed by atoms with van der Waals surface area (Å²) in [4.78, 5) is 0. The van der Waals surface area contributed by atoms with Gasteiger partial charge in [-0.25, -0.2) is 0 Å². The van der Waals surface area contributed by atoms with Crippen molar-refractivity contribution in [3.8, 4) is 6.07 Å². The maximum absolute atomic E-state index is 8.22.